The number of nitrogens with one attached hydrogen (secondary N) is 1. The van der Waals surface area contributed by atoms with Gasteiger partial charge in [0, 0.05) is 30.6 Å². The molecule has 132 valence electrons. The zero-order chi connectivity index (χ0) is 18.1. The molecule has 0 bridgehead atoms. The number of aryl methyl sites for hydroxylation is 3. The quantitative estimate of drug-likeness (QED) is 0.909. The second-order valence-corrected chi connectivity index (χ2v) is 8.20. The average Bonchev–Trinajstić information content (AvgIpc) is 2.95. The van der Waals surface area contributed by atoms with Crippen LogP contribution in [0.5, 0.6) is 0 Å². The van der Waals surface area contributed by atoms with Crippen LogP contribution < -0.4 is 5.32 Å². The fourth-order valence-electron chi connectivity index (χ4n) is 3.36. The Kier molecular flexibility index (Phi) is 4.95. The Balaban J connectivity index is 1.71. The smallest absolute Gasteiger partial charge is 0.263 e. The minimum Gasteiger partial charge on any atom is -0.344 e. The number of hydrogen-bond donors (Lipinski definition) is 1. The minimum atomic E-state index is -0.0368. The van der Waals surface area contributed by atoms with E-state index in [1.807, 2.05) is 32.0 Å². The molecule has 0 radical (unpaired) electrons. The summed E-state index contributed by atoms with van der Waals surface area (Å²) in [4.78, 5) is 28.4. The van der Waals surface area contributed by atoms with E-state index in [1.54, 1.807) is 30.3 Å². The molecule has 1 aromatic carbocycles. The number of anilines is 1. The van der Waals surface area contributed by atoms with Crippen molar-refractivity contribution in [2.24, 2.45) is 5.92 Å². The van der Waals surface area contributed by atoms with E-state index in [0.29, 0.717) is 6.42 Å². The normalized spacial score (nSPS) is 16.2. The first-order valence-electron chi connectivity index (χ1n) is 8.56. The number of nitrogens with zero attached hydrogens (tertiary/aromatic N) is 1. The molecule has 2 aromatic rings. The summed E-state index contributed by atoms with van der Waals surface area (Å²) >= 11 is 1.57. The van der Waals surface area contributed by atoms with Gasteiger partial charge in [-0.2, -0.15) is 0 Å². The van der Waals surface area contributed by atoms with E-state index < -0.39 is 0 Å². The van der Waals surface area contributed by atoms with Crippen LogP contribution in [0.25, 0.3) is 0 Å². The summed E-state index contributed by atoms with van der Waals surface area (Å²) in [5.41, 5.74) is 4.31. The molecule has 3 rings (SSSR count). The Morgan fingerprint density at radius 3 is 2.44 bits per heavy atom. The number of amides is 2. The van der Waals surface area contributed by atoms with Crippen molar-refractivity contribution < 1.29 is 9.59 Å². The average molecular weight is 356 g/mol. The van der Waals surface area contributed by atoms with Crippen molar-refractivity contribution >= 4 is 28.8 Å². The van der Waals surface area contributed by atoms with Crippen molar-refractivity contribution in [1.82, 2.24) is 4.90 Å². The third-order valence-electron chi connectivity index (χ3n) is 4.56. The van der Waals surface area contributed by atoms with Crippen LogP contribution in [0.3, 0.4) is 0 Å². The SMILES string of the molecule is Cc1cc(C)cc(NC(=O)[C@@H]2CCc3sc(C(=O)N(C)C)cc3C2)c1. The molecule has 25 heavy (non-hydrogen) atoms. The van der Waals surface area contributed by atoms with Crippen LogP contribution in [0.2, 0.25) is 0 Å². The molecule has 0 fully saturated rings. The van der Waals surface area contributed by atoms with Gasteiger partial charge in [-0.05, 0) is 68.0 Å². The first kappa shape index (κ1) is 17.7. The summed E-state index contributed by atoms with van der Waals surface area (Å²) in [5, 5.41) is 3.06. The molecular formula is C20H24N2O2S. The maximum Gasteiger partial charge on any atom is 0.263 e. The lowest BCUT2D eigenvalue weighted by atomic mass is 9.87. The lowest BCUT2D eigenvalue weighted by Gasteiger charge is -2.21. The fraction of sp³-hybridized carbons (Fsp3) is 0.400. The van der Waals surface area contributed by atoms with Gasteiger partial charge in [0.1, 0.15) is 0 Å². The molecule has 1 aromatic heterocycles. The number of carbonyl (C=O) groups excluding carboxylic acids is 2. The van der Waals surface area contributed by atoms with Gasteiger partial charge >= 0.3 is 0 Å². The fourth-order valence-corrected chi connectivity index (χ4v) is 4.59. The van der Waals surface area contributed by atoms with E-state index in [0.717, 1.165) is 40.1 Å². The molecule has 1 heterocycles. The molecule has 1 N–H and O–H groups in total. The second kappa shape index (κ2) is 7.00. The van der Waals surface area contributed by atoms with E-state index in [2.05, 4.69) is 11.4 Å². The first-order chi connectivity index (χ1) is 11.8. The number of hydrogen-bond acceptors (Lipinski definition) is 3. The van der Waals surface area contributed by atoms with Crippen LogP contribution in [0, 0.1) is 19.8 Å². The summed E-state index contributed by atoms with van der Waals surface area (Å²) in [6.07, 6.45) is 2.41. The lowest BCUT2D eigenvalue weighted by Crippen LogP contribution is -2.27. The Bertz CT molecular complexity index is 803. The van der Waals surface area contributed by atoms with Gasteiger partial charge in [-0.15, -0.1) is 11.3 Å². The van der Waals surface area contributed by atoms with Crippen LogP contribution in [0.15, 0.2) is 24.3 Å². The number of fused-ring (bicyclic) bond motifs is 1. The largest absolute Gasteiger partial charge is 0.344 e. The van der Waals surface area contributed by atoms with Crippen molar-refractivity contribution in [3.63, 3.8) is 0 Å². The standard InChI is InChI=1S/C20H24N2O2S/c1-12-7-13(2)9-16(8-12)21-19(23)14-5-6-17-15(10-14)11-18(25-17)20(24)22(3)4/h7-9,11,14H,5-6,10H2,1-4H3,(H,21,23)/t14-/m1/s1. The zero-order valence-electron chi connectivity index (χ0n) is 15.2. The number of thiophene rings is 1. The van der Waals surface area contributed by atoms with E-state index >= 15 is 0 Å². The number of rotatable bonds is 3. The summed E-state index contributed by atoms with van der Waals surface area (Å²) in [6.45, 7) is 4.06. The summed E-state index contributed by atoms with van der Waals surface area (Å²) in [6, 6.07) is 8.06. The maximum atomic E-state index is 12.7. The summed E-state index contributed by atoms with van der Waals surface area (Å²) in [5.74, 6) is 0.0724. The molecular weight excluding hydrogens is 332 g/mol. The van der Waals surface area contributed by atoms with E-state index in [1.165, 1.54) is 4.88 Å². The van der Waals surface area contributed by atoms with Gasteiger partial charge in [-0.1, -0.05) is 6.07 Å². The van der Waals surface area contributed by atoms with Crippen molar-refractivity contribution in [2.75, 3.05) is 19.4 Å². The molecule has 2 amide bonds. The van der Waals surface area contributed by atoms with E-state index in [4.69, 9.17) is 0 Å². The predicted octanol–water partition coefficient (Wildman–Crippen LogP) is 3.81. The molecule has 5 heteroatoms. The summed E-state index contributed by atoms with van der Waals surface area (Å²) in [7, 11) is 3.53. The van der Waals surface area contributed by atoms with Crippen LogP contribution in [0.4, 0.5) is 5.69 Å². The van der Waals surface area contributed by atoms with E-state index in [-0.39, 0.29) is 17.7 Å². The zero-order valence-corrected chi connectivity index (χ0v) is 16.0. The van der Waals surface area contributed by atoms with Crippen molar-refractivity contribution in [2.45, 2.75) is 33.1 Å². The molecule has 1 aliphatic carbocycles. The van der Waals surface area contributed by atoms with Crippen molar-refractivity contribution in [1.29, 1.82) is 0 Å². The van der Waals surface area contributed by atoms with Crippen molar-refractivity contribution in [3.8, 4) is 0 Å². The molecule has 0 saturated carbocycles. The molecule has 0 unspecified atom stereocenters. The molecule has 0 spiro atoms. The predicted molar refractivity (Wildman–Crippen MR) is 102 cm³/mol. The van der Waals surface area contributed by atoms with Gasteiger partial charge in [0.25, 0.3) is 5.91 Å². The van der Waals surface area contributed by atoms with Gasteiger partial charge in [0.05, 0.1) is 4.88 Å². The van der Waals surface area contributed by atoms with Gasteiger partial charge in [0.15, 0.2) is 0 Å². The molecule has 1 aliphatic rings. The lowest BCUT2D eigenvalue weighted by molar-refractivity contribution is -0.120. The molecule has 1 atom stereocenters. The summed E-state index contributed by atoms with van der Waals surface area (Å²) < 4.78 is 0. The van der Waals surface area contributed by atoms with Gasteiger partial charge in [0.2, 0.25) is 5.91 Å². The van der Waals surface area contributed by atoms with Gasteiger partial charge < -0.3 is 10.2 Å². The van der Waals surface area contributed by atoms with E-state index in [9.17, 15) is 9.59 Å². The Hall–Kier alpha value is -2.14. The first-order valence-corrected chi connectivity index (χ1v) is 9.37. The minimum absolute atomic E-state index is 0.0368. The Morgan fingerprint density at radius 2 is 1.80 bits per heavy atom. The highest BCUT2D eigenvalue weighted by Crippen LogP contribution is 2.33. The topological polar surface area (TPSA) is 49.4 Å². The molecule has 0 aliphatic heterocycles. The number of carbonyl (C=O) groups is 2. The van der Waals surface area contributed by atoms with Gasteiger partial charge in [-0.25, -0.2) is 0 Å². The van der Waals surface area contributed by atoms with Crippen LogP contribution in [0.1, 0.15) is 37.7 Å². The highest BCUT2D eigenvalue weighted by Gasteiger charge is 2.27. The monoisotopic (exact) mass is 356 g/mol. The third-order valence-corrected chi connectivity index (χ3v) is 5.78. The van der Waals surface area contributed by atoms with Gasteiger partial charge in [-0.3, -0.25) is 9.59 Å². The highest BCUT2D eigenvalue weighted by atomic mass is 32.1. The highest BCUT2D eigenvalue weighted by molar-refractivity contribution is 7.14. The Morgan fingerprint density at radius 1 is 1.12 bits per heavy atom. The van der Waals surface area contributed by atoms with Crippen molar-refractivity contribution in [3.05, 3.63) is 50.7 Å². The Labute approximate surface area is 152 Å². The number of benzene rings is 1. The molecule has 0 saturated heterocycles. The third kappa shape index (κ3) is 3.93. The second-order valence-electron chi connectivity index (χ2n) is 7.06. The van der Waals surface area contributed by atoms with Crippen LogP contribution >= 0.6 is 11.3 Å². The maximum absolute atomic E-state index is 12.7. The van der Waals surface area contributed by atoms with Crippen LogP contribution in [-0.4, -0.2) is 30.8 Å². The van der Waals surface area contributed by atoms with Crippen LogP contribution in [-0.2, 0) is 17.6 Å². The molecule has 4 nitrogen and oxygen atoms in total.